The van der Waals surface area contributed by atoms with Gasteiger partial charge in [-0.05, 0) is 0 Å². The minimum Gasteiger partial charge on any atom is -1.00 e. The molecular weight excluding hydrogens is 239 g/mol. The number of hydrogen-bond donors (Lipinski definition) is 0. The lowest BCUT2D eigenvalue weighted by molar-refractivity contribution is -0.773. The van der Waals surface area contributed by atoms with Gasteiger partial charge in [0.05, 0.1) is 13.2 Å². The number of aromatic nitrogens is 2. The monoisotopic (exact) mass is 252 g/mol. The van der Waals surface area contributed by atoms with Crippen molar-refractivity contribution in [3.05, 3.63) is 18.5 Å². The van der Waals surface area contributed by atoms with Gasteiger partial charge in [-0.3, -0.25) is 0 Å². The van der Waals surface area contributed by atoms with E-state index in [1.165, 1.54) is 6.42 Å². The Morgan fingerprint density at radius 1 is 1.50 bits per heavy atom. The van der Waals surface area contributed by atoms with Gasteiger partial charge in [-0.25, -0.2) is 0 Å². The van der Waals surface area contributed by atoms with Crippen LogP contribution in [0.2, 0.25) is 0 Å². The fourth-order valence-corrected chi connectivity index (χ4v) is 0.915. The van der Waals surface area contributed by atoms with E-state index in [0.29, 0.717) is 0 Å². The Labute approximate surface area is 78.9 Å². The van der Waals surface area contributed by atoms with E-state index in [0.717, 1.165) is 6.54 Å². The molecule has 0 unspecified atom stereocenters. The fraction of sp³-hybridized carbons (Fsp3) is 0.571. The minimum atomic E-state index is 0. The normalized spacial score (nSPS) is 9.00. The molecule has 3 heteroatoms. The lowest BCUT2D eigenvalue weighted by Gasteiger charge is -1.91. The predicted molar refractivity (Wildman–Crippen MR) is 35.9 cm³/mol. The summed E-state index contributed by atoms with van der Waals surface area (Å²) in [7, 11) is 2.05. The molecule has 0 bridgehead atoms. The molecule has 0 atom stereocenters. The van der Waals surface area contributed by atoms with Gasteiger partial charge in [0.2, 0.25) is 0 Å². The highest BCUT2D eigenvalue weighted by Crippen LogP contribution is 1.78. The fourth-order valence-electron chi connectivity index (χ4n) is 0.915. The van der Waals surface area contributed by atoms with Crippen LogP contribution in [-0.4, -0.2) is 4.68 Å². The lowest BCUT2D eigenvalue weighted by Crippen LogP contribution is -3.00. The van der Waals surface area contributed by atoms with E-state index in [2.05, 4.69) is 41.8 Å². The quantitative estimate of drug-likeness (QED) is 0.414. The molecule has 0 fully saturated rings. The van der Waals surface area contributed by atoms with E-state index in [4.69, 9.17) is 0 Å². The van der Waals surface area contributed by atoms with Crippen LogP contribution < -0.4 is 28.7 Å². The van der Waals surface area contributed by atoms with Gasteiger partial charge in [0, 0.05) is 12.5 Å². The summed E-state index contributed by atoms with van der Waals surface area (Å²) in [5.41, 5.74) is 0. The molecule has 1 rings (SSSR count). The zero-order valence-corrected chi connectivity index (χ0v) is 8.58. The maximum atomic E-state index is 2.18. The van der Waals surface area contributed by atoms with Crippen LogP contribution in [0.15, 0.2) is 18.5 Å². The van der Waals surface area contributed by atoms with Crippen molar-refractivity contribution >= 4 is 0 Å². The van der Waals surface area contributed by atoms with Crippen LogP contribution in [0.5, 0.6) is 0 Å². The first-order valence-electron chi connectivity index (χ1n) is 3.35. The van der Waals surface area contributed by atoms with Crippen LogP contribution in [0, 0.1) is 0 Å². The molecule has 58 valence electrons. The van der Waals surface area contributed by atoms with Crippen molar-refractivity contribution < 1.29 is 28.7 Å². The Hall–Kier alpha value is -0.0600. The summed E-state index contributed by atoms with van der Waals surface area (Å²) in [6, 6.07) is 2.05. The molecule has 2 nitrogen and oxygen atoms in total. The highest BCUT2D eigenvalue weighted by molar-refractivity contribution is 4.69. The number of aryl methyl sites for hydroxylation is 2. The predicted octanol–water partition coefficient (Wildman–Crippen LogP) is -2.27. The van der Waals surface area contributed by atoms with E-state index in [1.54, 1.807) is 0 Å². The highest BCUT2D eigenvalue weighted by Gasteiger charge is 1.98. The first-order valence-corrected chi connectivity index (χ1v) is 3.35. The maximum Gasteiger partial charge on any atom is 0.195 e. The largest absolute Gasteiger partial charge is 1.00 e. The van der Waals surface area contributed by atoms with E-state index < -0.39 is 0 Å². The summed E-state index contributed by atoms with van der Waals surface area (Å²) in [6.07, 6.45) is 5.33. The van der Waals surface area contributed by atoms with Gasteiger partial charge in [0.25, 0.3) is 0 Å². The summed E-state index contributed by atoms with van der Waals surface area (Å²) in [6.45, 7) is 3.30. The van der Waals surface area contributed by atoms with Crippen LogP contribution in [-0.2, 0) is 13.6 Å². The van der Waals surface area contributed by atoms with Crippen molar-refractivity contribution in [3.63, 3.8) is 0 Å². The molecule has 0 saturated heterocycles. The molecule has 1 aromatic heterocycles. The summed E-state index contributed by atoms with van der Waals surface area (Å²) in [5, 5.41) is 0. The Bertz CT molecular complexity index is 183. The van der Waals surface area contributed by atoms with Gasteiger partial charge in [-0.2, -0.15) is 4.68 Å². The topological polar surface area (TPSA) is 8.81 Å². The minimum absolute atomic E-state index is 0. The van der Waals surface area contributed by atoms with Crippen molar-refractivity contribution in [3.8, 4) is 0 Å². The molecule has 0 saturated carbocycles. The van der Waals surface area contributed by atoms with Crippen LogP contribution in [0.25, 0.3) is 0 Å². The first-order chi connectivity index (χ1) is 4.34. The van der Waals surface area contributed by atoms with Crippen LogP contribution >= 0.6 is 0 Å². The number of rotatable bonds is 2. The lowest BCUT2D eigenvalue weighted by atomic mass is 10.5. The van der Waals surface area contributed by atoms with Crippen LogP contribution in [0.1, 0.15) is 13.3 Å². The molecule has 0 aliphatic heterocycles. The van der Waals surface area contributed by atoms with Crippen molar-refractivity contribution in [2.75, 3.05) is 0 Å². The number of nitrogens with zero attached hydrogens (tertiary/aromatic N) is 2. The molecule has 0 aliphatic rings. The summed E-state index contributed by atoms with van der Waals surface area (Å²) >= 11 is 0. The molecule has 0 aromatic carbocycles. The molecule has 1 aromatic rings. The Morgan fingerprint density at radius 2 is 2.20 bits per heavy atom. The smallest absolute Gasteiger partial charge is 0.195 e. The highest BCUT2D eigenvalue weighted by atomic mass is 127. The first kappa shape index (κ1) is 9.94. The van der Waals surface area contributed by atoms with Gasteiger partial charge < -0.3 is 24.0 Å². The van der Waals surface area contributed by atoms with E-state index in [9.17, 15) is 0 Å². The third kappa shape index (κ3) is 2.28. The third-order valence-corrected chi connectivity index (χ3v) is 1.42. The number of hydrogen-bond acceptors (Lipinski definition) is 0. The second kappa shape index (κ2) is 4.71. The van der Waals surface area contributed by atoms with Gasteiger partial charge in [0.15, 0.2) is 12.7 Å². The van der Waals surface area contributed by atoms with E-state index in [1.807, 2.05) is 0 Å². The van der Waals surface area contributed by atoms with Gasteiger partial charge in [-0.15, -0.1) is 4.68 Å². The second-order valence-electron chi connectivity index (χ2n) is 2.23. The molecule has 0 radical (unpaired) electrons. The van der Waals surface area contributed by atoms with Crippen molar-refractivity contribution in [1.82, 2.24) is 4.68 Å². The van der Waals surface area contributed by atoms with Crippen LogP contribution in [0.3, 0.4) is 0 Å². The van der Waals surface area contributed by atoms with Crippen molar-refractivity contribution in [2.24, 2.45) is 7.05 Å². The maximum absolute atomic E-state index is 2.18. The van der Waals surface area contributed by atoms with Crippen molar-refractivity contribution in [2.45, 2.75) is 19.9 Å². The molecule has 0 N–H and O–H groups in total. The zero-order valence-electron chi connectivity index (χ0n) is 6.42. The Morgan fingerprint density at radius 3 is 2.60 bits per heavy atom. The summed E-state index contributed by atoms with van der Waals surface area (Å²) < 4.78 is 4.27. The molecule has 10 heavy (non-hydrogen) atoms. The van der Waals surface area contributed by atoms with Crippen molar-refractivity contribution in [1.29, 1.82) is 0 Å². The van der Waals surface area contributed by atoms with Gasteiger partial charge in [0.1, 0.15) is 0 Å². The van der Waals surface area contributed by atoms with Gasteiger partial charge in [-0.1, -0.05) is 6.92 Å². The molecule has 1 heterocycles. The SMILES string of the molecule is CCC[n+]1cccn1C.[I-]. The standard InChI is InChI=1S/C7H13N2.HI/c1-3-5-9-7-4-6-8(9)2;/h4,6-7H,3,5H2,1-2H3;1H/q+1;/p-1. The third-order valence-electron chi connectivity index (χ3n) is 1.42. The number of halogens is 1. The molecule has 0 spiro atoms. The van der Waals surface area contributed by atoms with E-state index >= 15 is 0 Å². The molecule has 0 aliphatic carbocycles. The van der Waals surface area contributed by atoms with Gasteiger partial charge >= 0.3 is 0 Å². The Kier molecular flexibility index (Phi) is 4.68. The average Bonchev–Trinajstić information content (AvgIpc) is 2.18. The molecule has 0 amide bonds. The zero-order chi connectivity index (χ0) is 6.69. The van der Waals surface area contributed by atoms with Crippen LogP contribution in [0.4, 0.5) is 0 Å². The second-order valence-corrected chi connectivity index (χ2v) is 2.23. The summed E-state index contributed by atoms with van der Waals surface area (Å²) in [5.74, 6) is 0. The molecular formula is C7H13IN2. The Balaban J connectivity index is 0.000000810. The summed E-state index contributed by atoms with van der Waals surface area (Å²) in [4.78, 5) is 0. The van der Waals surface area contributed by atoms with E-state index in [-0.39, 0.29) is 24.0 Å². The average molecular weight is 252 g/mol.